The molecule has 0 radical (unpaired) electrons. The first-order valence-electron chi connectivity index (χ1n) is 7.87. The predicted octanol–water partition coefficient (Wildman–Crippen LogP) is 5.45. The Kier molecular flexibility index (Phi) is 8.05. The second-order valence-corrected chi connectivity index (χ2v) is 7.50. The maximum absolute atomic E-state index is 14.0. The maximum Gasteiger partial charge on any atom is 0.146 e. The average Bonchev–Trinajstić information content (AvgIpc) is 2.54. The number of hydrogen-bond donors (Lipinski definition) is 1. The molecule has 4 heteroatoms. The van der Waals surface area contributed by atoms with E-state index < -0.39 is 0 Å². The van der Waals surface area contributed by atoms with Gasteiger partial charge < -0.3 is 5.32 Å². The number of nitrogens with zero attached hydrogens (tertiary/aromatic N) is 1. The Morgan fingerprint density at radius 2 is 1.77 bits per heavy atom. The van der Waals surface area contributed by atoms with E-state index in [4.69, 9.17) is 0 Å². The summed E-state index contributed by atoms with van der Waals surface area (Å²) >= 11 is 0. The smallest absolute Gasteiger partial charge is 0.146 e. The third-order valence-electron chi connectivity index (χ3n) is 3.30. The molecule has 0 bridgehead atoms. The molecule has 0 saturated heterocycles. The van der Waals surface area contributed by atoms with Gasteiger partial charge in [0.15, 0.2) is 0 Å². The normalized spacial score (nSPS) is 10.1. The van der Waals surface area contributed by atoms with Gasteiger partial charge in [0, 0.05) is 11.5 Å². The van der Waals surface area contributed by atoms with Crippen LogP contribution in [0.2, 0.25) is 0 Å². The van der Waals surface area contributed by atoms with Gasteiger partial charge in [-0.15, -0.1) is 0 Å². The summed E-state index contributed by atoms with van der Waals surface area (Å²) in [5.41, 5.74) is 2.35. The number of aromatic nitrogens is 1. The van der Waals surface area contributed by atoms with Crippen LogP contribution in [0.3, 0.4) is 0 Å². The molecule has 0 spiro atoms. The Labute approximate surface area is 134 Å². The third kappa shape index (κ3) is 4.78. The first-order chi connectivity index (χ1) is 10.7. The molecule has 1 N–H and O–H groups in total. The maximum atomic E-state index is 14.0. The summed E-state index contributed by atoms with van der Waals surface area (Å²) in [7, 11) is -0.209. The lowest BCUT2D eigenvalue weighted by molar-refractivity contribution is 0.631. The summed E-state index contributed by atoms with van der Waals surface area (Å²) in [4.78, 5) is 4.17. The lowest BCUT2D eigenvalue weighted by atomic mass is 10.2. The highest BCUT2D eigenvalue weighted by atomic mass is 31.1. The molecule has 0 saturated carbocycles. The van der Waals surface area contributed by atoms with Gasteiger partial charge in [-0.1, -0.05) is 41.7 Å². The van der Waals surface area contributed by atoms with Crippen LogP contribution in [-0.2, 0) is 0 Å². The molecule has 1 heterocycles. The molecule has 2 rings (SSSR count). The van der Waals surface area contributed by atoms with Gasteiger partial charge in [-0.3, -0.25) is 4.98 Å². The first kappa shape index (κ1) is 18.6. The molecule has 0 unspecified atom stereocenters. The highest BCUT2D eigenvalue weighted by Crippen LogP contribution is 2.36. The summed E-state index contributed by atoms with van der Waals surface area (Å²) in [6.07, 6.45) is 5.85. The quantitative estimate of drug-likeness (QED) is 0.741. The largest absolute Gasteiger partial charge is 0.351 e. The monoisotopic (exact) mass is 320 g/mol. The van der Waals surface area contributed by atoms with Crippen LogP contribution in [0.25, 0.3) is 0 Å². The van der Waals surface area contributed by atoms with Gasteiger partial charge in [-0.25, -0.2) is 4.39 Å². The zero-order chi connectivity index (χ0) is 16.5. The molecule has 0 aliphatic carbocycles. The SMILES string of the molecule is CC.CCP(CC)c1ccncc1Nc1ccc(C)cc1F. The predicted molar refractivity (Wildman–Crippen MR) is 97.6 cm³/mol. The summed E-state index contributed by atoms with van der Waals surface area (Å²) < 4.78 is 14.0. The van der Waals surface area contributed by atoms with Crippen molar-refractivity contribution in [1.29, 1.82) is 0 Å². The standard InChI is InChI=1S/C16H20FN2P.C2H6/c1-4-20(5-2)16-8-9-18-11-15(16)19-14-7-6-12(3)10-13(14)17;1-2/h6-11,19H,4-5H2,1-3H3;1-2H3. The van der Waals surface area contributed by atoms with Gasteiger partial charge in [0.1, 0.15) is 5.82 Å². The summed E-state index contributed by atoms with van der Waals surface area (Å²) in [5.74, 6) is -0.225. The van der Waals surface area contributed by atoms with Crippen LogP contribution in [0.5, 0.6) is 0 Å². The van der Waals surface area contributed by atoms with Gasteiger partial charge in [-0.2, -0.15) is 0 Å². The van der Waals surface area contributed by atoms with E-state index in [-0.39, 0.29) is 13.7 Å². The number of aryl methyl sites for hydroxylation is 1. The van der Waals surface area contributed by atoms with Crippen LogP contribution in [0, 0.1) is 12.7 Å². The van der Waals surface area contributed by atoms with Gasteiger partial charge in [0.05, 0.1) is 17.6 Å². The highest BCUT2D eigenvalue weighted by molar-refractivity contribution is 7.65. The lowest BCUT2D eigenvalue weighted by Gasteiger charge is -2.19. The number of benzene rings is 1. The van der Waals surface area contributed by atoms with Crippen LogP contribution in [0.15, 0.2) is 36.7 Å². The number of hydrogen-bond acceptors (Lipinski definition) is 2. The molecule has 2 aromatic rings. The minimum absolute atomic E-state index is 0.209. The fourth-order valence-corrected chi connectivity index (χ4v) is 4.05. The van der Waals surface area contributed by atoms with Crippen molar-refractivity contribution in [3.63, 3.8) is 0 Å². The second-order valence-electron chi connectivity index (χ2n) is 4.67. The Morgan fingerprint density at radius 1 is 1.09 bits per heavy atom. The Morgan fingerprint density at radius 3 is 2.36 bits per heavy atom. The number of halogens is 1. The van der Waals surface area contributed by atoms with Gasteiger partial charge >= 0.3 is 0 Å². The molecular formula is C18H26FN2P. The Balaban J connectivity index is 0.00000116. The van der Waals surface area contributed by atoms with E-state index in [9.17, 15) is 4.39 Å². The van der Waals surface area contributed by atoms with Crippen LogP contribution in [-0.4, -0.2) is 17.3 Å². The molecule has 120 valence electrons. The van der Waals surface area contributed by atoms with E-state index in [0.717, 1.165) is 23.6 Å². The summed E-state index contributed by atoms with van der Waals surface area (Å²) in [5, 5.41) is 4.46. The van der Waals surface area contributed by atoms with Crippen molar-refractivity contribution < 1.29 is 4.39 Å². The fourth-order valence-electron chi connectivity index (χ4n) is 2.19. The van der Waals surface area contributed by atoms with Crippen molar-refractivity contribution in [2.45, 2.75) is 34.6 Å². The molecule has 0 atom stereocenters. The van der Waals surface area contributed by atoms with Crippen molar-refractivity contribution in [3.8, 4) is 0 Å². The lowest BCUT2D eigenvalue weighted by Crippen LogP contribution is -2.11. The van der Waals surface area contributed by atoms with Crippen molar-refractivity contribution in [1.82, 2.24) is 4.98 Å². The van der Waals surface area contributed by atoms with Crippen LogP contribution >= 0.6 is 7.92 Å². The van der Waals surface area contributed by atoms with Gasteiger partial charge in [-0.05, 0) is 43.0 Å². The molecule has 2 nitrogen and oxygen atoms in total. The van der Waals surface area contributed by atoms with Crippen LogP contribution in [0.4, 0.5) is 15.8 Å². The number of anilines is 2. The molecule has 0 amide bonds. The van der Waals surface area contributed by atoms with Crippen molar-refractivity contribution >= 4 is 24.6 Å². The van der Waals surface area contributed by atoms with E-state index >= 15 is 0 Å². The molecule has 1 aromatic carbocycles. The molecule has 0 aliphatic rings. The van der Waals surface area contributed by atoms with E-state index in [1.807, 2.05) is 39.1 Å². The van der Waals surface area contributed by atoms with E-state index in [0.29, 0.717) is 5.69 Å². The number of rotatable bonds is 5. The summed E-state index contributed by atoms with van der Waals surface area (Å²) in [6, 6.07) is 7.28. The Hall–Kier alpha value is -1.47. The first-order valence-corrected chi connectivity index (χ1v) is 9.59. The van der Waals surface area contributed by atoms with Crippen LogP contribution < -0.4 is 10.6 Å². The van der Waals surface area contributed by atoms with Crippen LogP contribution in [0.1, 0.15) is 33.3 Å². The van der Waals surface area contributed by atoms with Crippen molar-refractivity contribution in [2.75, 3.05) is 17.6 Å². The average molecular weight is 320 g/mol. The third-order valence-corrected chi connectivity index (χ3v) is 5.89. The number of nitrogens with one attached hydrogen (secondary N) is 1. The van der Waals surface area contributed by atoms with E-state index in [2.05, 4.69) is 24.1 Å². The second kappa shape index (κ2) is 9.53. The van der Waals surface area contributed by atoms with Gasteiger partial charge in [0.25, 0.3) is 0 Å². The van der Waals surface area contributed by atoms with E-state index in [1.54, 1.807) is 18.3 Å². The molecule has 22 heavy (non-hydrogen) atoms. The molecule has 0 fully saturated rings. The minimum atomic E-state index is -0.225. The summed E-state index contributed by atoms with van der Waals surface area (Å²) in [6.45, 7) is 10.3. The zero-order valence-corrected chi connectivity index (χ0v) is 15.0. The molecule has 1 aromatic heterocycles. The fraction of sp³-hybridized carbons (Fsp3) is 0.389. The Bertz CT molecular complexity index is 583. The van der Waals surface area contributed by atoms with Crippen molar-refractivity contribution in [2.24, 2.45) is 0 Å². The van der Waals surface area contributed by atoms with Crippen molar-refractivity contribution in [3.05, 3.63) is 48.0 Å². The number of pyridine rings is 1. The topological polar surface area (TPSA) is 24.9 Å². The van der Waals surface area contributed by atoms with E-state index in [1.165, 1.54) is 5.30 Å². The van der Waals surface area contributed by atoms with Gasteiger partial charge in [0.2, 0.25) is 0 Å². The highest BCUT2D eigenvalue weighted by Gasteiger charge is 2.12. The molecular weight excluding hydrogens is 294 g/mol. The minimum Gasteiger partial charge on any atom is -0.351 e. The zero-order valence-electron chi connectivity index (χ0n) is 14.2. The molecule has 0 aliphatic heterocycles.